The fourth-order valence-corrected chi connectivity index (χ4v) is 5.69. The summed E-state index contributed by atoms with van der Waals surface area (Å²) in [4.78, 5) is 12.3. The summed E-state index contributed by atoms with van der Waals surface area (Å²) in [5.74, 6) is -0.154. The van der Waals surface area contributed by atoms with Crippen molar-refractivity contribution in [3.63, 3.8) is 0 Å². The van der Waals surface area contributed by atoms with Gasteiger partial charge in [0.05, 0.1) is 18.8 Å². The van der Waals surface area contributed by atoms with Gasteiger partial charge >= 0.3 is 0 Å². The first-order valence-corrected chi connectivity index (χ1v) is 18.5. The van der Waals surface area contributed by atoms with Crippen LogP contribution in [0.2, 0.25) is 0 Å². The minimum atomic E-state index is -1.15. The summed E-state index contributed by atoms with van der Waals surface area (Å²) in [5.41, 5.74) is 0. The Bertz CT molecular complexity index is 582. The van der Waals surface area contributed by atoms with E-state index < -0.39 is 18.2 Å². The number of hydrogen-bond acceptors (Lipinski definition) is 4. The van der Waals surface area contributed by atoms with Crippen molar-refractivity contribution >= 4 is 5.91 Å². The first-order valence-electron chi connectivity index (χ1n) is 18.5. The van der Waals surface area contributed by atoms with Gasteiger partial charge in [-0.1, -0.05) is 161 Å². The van der Waals surface area contributed by atoms with Crippen molar-refractivity contribution in [1.82, 2.24) is 5.32 Å². The lowest BCUT2D eigenvalue weighted by atomic mass is 10.0. The van der Waals surface area contributed by atoms with Crippen LogP contribution in [0.15, 0.2) is 12.2 Å². The van der Waals surface area contributed by atoms with Crippen molar-refractivity contribution in [3.8, 4) is 0 Å². The van der Waals surface area contributed by atoms with Crippen molar-refractivity contribution in [3.05, 3.63) is 12.2 Å². The monoisotopic (exact) mass is 596 g/mol. The minimum Gasteiger partial charge on any atom is -0.394 e. The fourth-order valence-electron chi connectivity index (χ4n) is 5.69. The molecular formula is C37H73NO4. The maximum atomic E-state index is 12.3. The van der Waals surface area contributed by atoms with E-state index in [2.05, 4.69) is 31.3 Å². The van der Waals surface area contributed by atoms with Gasteiger partial charge in [-0.15, -0.1) is 0 Å². The molecule has 4 N–H and O–H groups in total. The van der Waals surface area contributed by atoms with Crippen LogP contribution in [0.5, 0.6) is 0 Å². The number of aliphatic hydroxyl groups is 3. The molecular weight excluding hydrogens is 522 g/mol. The van der Waals surface area contributed by atoms with Crippen LogP contribution in [-0.4, -0.2) is 46.1 Å². The molecule has 0 radical (unpaired) electrons. The van der Waals surface area contributed by atoms with E-state index in [0.29, 0.717) is 12.8 Å². The van der Waals surface area contributed by atoms with E-state index in [1.165, 1.54) is 128 Å². The molecule has 0 aromatic carbocycles. The molecule has 0 saturated carbocycles. The first kappa shape index (κ1) is 41.1. The summed E-state index contributed by atoms with van der Waals surface area (Å²) >= 11 is 0. The number of carbonyl (C=O) groups excluding carboxylic acids is 1. The van der Waals surface area contributed by atoms with E-state index in [4.69, 9.17) is 0 Å². The van der Waals surface area contributed by atoms with Gasteiger partial charge in [0.1, 0.15) is 6.10 Å². The summed E-state index contributed by atoms with van der Waals surface area (Å²) < 4.78 is 0. The molecule has 0 aliphatic heterocycles. The van der Waals surface area contributed by atoms with E-state index in [0.717, 1.165) is 38.5 Å². The molecule has 5 heteroatoms. The van der Waals surface area contributed by atoms with E-state index >= 15 is 0 Å². The van der Waals surface area contributed by atoms with Crippen LogP contribution in [0.3, 0.4) is 0 Å². The summed E-state index contributed by atoms with van der Waals surface area (Å²) in [6.07, 6.45) is 35.9. The SMILES string of the molecule is CCCCCCCC/C=C/CCCC(O)C(O)C(CO)NC(=O)CCCCCCCCCCCCCCCCCCC. The van der Waals surface area contributed by atoms with E-state index in [1.807, 2.05) is 0 Å². The van der Waals surface area contributed by atoms with E-state index in [9.17, 15) is 20.1 Å². The van der Waals surface area contributed by atoms with Crippen LogP contribution < -0.4 is 5.32 Å². The number of rotatable bonds is 33. The molecule has 0 aliphatic carbocycles. The molecule has 1 amide bonds. The number of hydrogen-bond donors (Lipinski definition) is 4. The molecule has 42 heavy (non-hydrogen) atoms. The Kier molecular flexibility index (Phi) is 32.3. The zero-order valence-corrected chi connectivity index (χ0v) is 28.1. The lowest BCUT2D eigenvalue weighted by Crippen LogP contribution is -2.50. The van der Waals surface area contributed by atoms with Gasteiger partial charge in [0, 0.05) is 6.42 Å². The quantitative estimate of drug-likeness (QED) is 0.0449. The zero-order valence-electron chi connectivity index (χ0n) is 28.1. The Morgan fingerprint density at radius 1 is 0.571 bits per heavy atom. The molecule has 0 aliphatic rings. The predicted molar refractivity (Wildman–Crippen MR) is 181 cm³/mol. The van der Waals surface area contributed by atoms with Crippen molar-refractivity contribution < 1.29 is 20.1 Å². The highest BCUT2D eigenvalue weighted by Gasteiger charge is 2.26. The lowest BCUT2D eigenvalue weighted by Gasteiger charge is -2.26. The summed E-state index contributed by atoms with van der Waals surface area (Å²) in [5, 5.41) is 33.2. The molecule has 0 aromatic heterocycles. The third-order valence-corrected chi connectivity index (χ3v) is 8.62. The average Bonchev–Trinajstić information content (AvgIpc) is 2.99. The number of unbranched alkanes of at least 4 members (excludes halogenated alkanes) is 23. The normalized spacial score (nSPS) is 13.9. The van der Waals surface area contributed by atoms with Crippen molar-refractivity contribution in [1.29, 1.82) is 0 Å². The fraction of sp³-hybridized carbons (Fsp3) is 0.919. The van der Waals surface area contributed by atoms with Crippen LogP contribution in [-0.2, 0) is 4.79 Å². The zero-order chi connectivity index (χ0) is 30.9. The number of carbonyl (C=O) groups is 1. The van der Waals surface area contributed by atoms with Crippen LogP contribution in [0.25, 0.3) is 0 Å². The first-order chi connectivity index (χ1) is 20.6. The summed E-state index contributed by atoms with van der Waals surface area (Å²) in [6, 6.07) is -0.818. The number of allylic oxidation sites excluding steroid dienone is 2. The highest BCUT2D eigenvalue weighted by atomic mass is 16.3. The molecule has 250 valence electrons. The van der Waals surface area contributed by atoms with Crippen molar-refractivity contribution in [2.75, 3.05) is 6.61 Å². The topological polar surface area (TPSA) is 89.8 Å². The van der Waals surface area contributed by atoms with Gasteiger partial charge < -0.3 is 20.6 Å². The van der Waals surface area contributed by atoms with Crippen molar-refractivity contribution in [2.24, 2.45) is 0 Å². The molecule has 0 saturated heterocycles. The predicted octanol–water partition coefficient (Wildman–Crippen LogP) is 9.70. The van der Waals surface area contributed by atoms with Gasteiger partial charge in [0.2, 0.25) is 5.91 Å². The Hall–Kier alpha value is -0.910. The van der Waals surface area contributed by atoms with Crippen LogP contribution in [0.4, 0.5) is 0 Å². The Morgan fingerprint density at radius 3 is 1.38 bits per heavy atom. The number of amides is 1. The number of nitrogens with one attached hydrogen (secondary N) is 1. The molecule has 0 rings (SSSR count). The number of aliphatic hydroxyl groups excluding tert-OH is 3. The molecule has 0 fully saturated rings. The summed E-state index contributed by atoms with van der Waals surface area (Å²) in [7, 11) is 0. The maximum absolute atomic E-state index is 12.3. The van der Waals surface area contributed by atoms with Gasteiger partial charge in [0.25, 0.3) is 0 Å². The van der Waals surface area contributed by atoms with Gasteiger partial charge in [-0.2, -0.15) is 0 Å². The molecule has 5 nitrogen and oxygen atoms in total. The molecule has 0 spiro atoms. The van der Waals surface area contributed by atoms with Gasteiger partial charge in [0.15, 0.2) is 0 Å². The second kappa shape index (κ2) is 33.0. The molecule has 3 atom stereocenters. The van der Waals surface area contributed by atoms with Gasteiger partial charge in [-0.05, 0) is 38.5 Å². The molecule has 3 unspecified atom stereocenters. The highest BCUT2D eigenvalue weighted by Crippen LogP contribution is 2.15. The van der Waals surface area contributed by atoms with Crippen LogP contribution >= 0.6 is 0 Å². The van der Waals surface area contributed by atoms with Gasteiger partial charge in [-0.3, -0.25) is 4.79 Å². The maximum Gasteiger partial charge on any atom is 0.220 e. The largest absolute Gasteiger partial charge is 0.394 e. The van der Waals surface area contributed by atoms with E-state index in [-0.39, 0.29) is 12.5 Å². The average molecular weight is 596 g/mol. The second-order valence-corrected chi connectivity index (χ2v) is 12.8. The Labute approximate surface area is 261 Å². The van der Waals surface area contributed by atoms with E-state index in [1.54, 1.807) is 0 Å². The second-order valence-electron chi connectivity index (χ2n) is 12.8. The Morgan fingerprint density at radius 2 is 0.952 bits per heavy atom. The van der Waals surface area contributed by atoms with Crippen LogP contribution in [0, 0.1) is 0 Å². The Balaban J connectivity index is 3.68. The molecule has 0 heterocycles. The third-order valence-electron chi connectivity index (χ3n) is 8.62. The minimum absolute atomic E-state index is 0.154. The lowest BCUT2D eigenvalue weighted by molar-refractivity contribution is -0.124. The van der Waals surface area contributed by atoms with Gasteiger partial charge in [-0.25, -0.2) is 0 Å². The smallest absolute Gasteiger partial charge is 0.220 e. The third kappa shape index (κ3) is 27.9. The standard InChI is InChI=1S/C37H73NO4/c1-3-5-7-9-11-13-15-16-17-18-19-20-22-24-26-28-30-32-36(41)38-34(33-39)37(42)35(40)31-29-27-25-23-21-14-12-10-8-6-4-2/h23,25,34-35,37,39-40,42H,3-22,24,26-33H2,1-2H3,(H,38,41)/b25-23+. The summed E-state index contributed by atoms with van der Waals surface area (Å²) in [6.45, 7) is 4.14. The molecule has 0 bridgehead atoms. The molecule has 0 aromatic rings. The van der Waals surface area contributed by atoms with Crippen molar-refractivity contribution in [2.45, 2.75) is 212 Å². The van der Waals surface area contributed by atoms with Crippen LogP contribution in [0.1, 0.15) is 194 Å². The highest BCUT2D eigenvalue weighted by molar-refractivity contribution is 5.76.